The number of hydrogen-bond acceptors (Lipinski definition) is 12. The van der Waals surface area contributed by atoms with E-state index in [0.717, 1.165) is 37.6 Å². The van der Waals surface area contributed by atoms with E-state index in [4.69, 9.17) is 0 Å². The van der Waals surface area contributed by atoms with Gasteiger partial charge < -0.3 is 0 Å². The van der Waals surface area contributed by atoms with E-state index in [1.807, 2.05) is 6.92 Å². The molecule has 0 radical (unpaired) electrons. The van der Waals surface area contributed by atoms with E-state index in [1.54, 1.807) is 24.3 Å². The molecule has 0 unspecified atom stereocenters. The fourth-order valence-corrected chi connectivity index (χ4v) is 3.37. The van der Waals surface area contributed by atoms with Gasteiger partial charge in [0.1, 0.15) is 0 Å². The van der Waals surface area contributed by atoms with Crippen molar-refractivity contribution in [1.29, 1.82) is 0 Å². The molecule has 0 aliphatic rings. The minimum atomic E-state index is -5.34. The first-order valence-corrected chi connectivity index (χ1v) is 16.4. The molecule has 0 aliphatic carbocycles. The minimum Gasteiger partial charge on any atom is -0.274 e. The van der Waals surface area contributed by atoms with Crippen molar-refractivity contribution in [3.8, 4) is 0 Å². The van der Waals surface area contributed by atoms with Crippen molar-refractivity contribution in [2.24, 2.45) is 0 Å². The lowest BCUT2D eigenvalue weighted by atomic mass is 10.2. The zero-order valence-electron chi connectivity index (χ0n) is 21.2. The monoisotopic (exact) mass is 710 g/mol. The molecule has 0 saturated heterocycles. The first-order chi connectivity index (χ1) is 17.5. The summed E-state index contributed by atoms with van der Waals surface area (Å²) in [5.74, 6) is 0. The normalized spacial score (nSPS) is 12.1. The molecule has 0 amide bonds. The molecule has 0 aliphatic heterocycles. The largest absolute Gasteiger partial charge is 0.523 e. The van der Waals surface area contributed by atoms with Crippen LogP contribution in [0.5, 0.6) is 0 Å². The summed E-state index contributed by atoms with van der Waals surface area (Å²) in [6.45, 7) is 1.89. The Kier molecular flexibility index (Phi) is 16.8. The number of halogens is 4. The molecule has 12 nitrogen and oxygen atoms in total. The Hall–Kier alpha value is -1.65. The standard InChI is InChI=1S/C8H10O3S.C7H7BrO3S.C2H3F3O3S.C2H6O3S/c1-7-3-5-8(6-4-7)12(9,10)11-2;1-11-12(9,10)7-4-2-6(8)3-5-7;1-8-9(6,7)2(3,4)5;1-5-6(2,3)4/h3-6H,1-2H3;2-5H,1H3;1H3;1-2H3. The highest BCUT2D eigenvalue weighted by Gasteiger charge is 2.46. The lowest BCUT2D eigenvalue weighted by Crippen LogP contribution is -2.23. The summed E-state index contributed by atoms with van der Waals surface area (Å²) in [5.41, 5.74) is -4.29. The van der Waals surface area contributed by atoms with Gasteiger partial charge in [0.15, 0.2) is 0 Å². The quantitative estimate of drug-likeness (QED) is 0.317. The first kappa shape index (κ1) is 39.5. The van der Waals surface area contributed by atoms with Gasteiger partial charge in [0.25, 0.3) is 30.4 Å². The summed E-state index contributed by atoms with van der Waals surface area (Å²) in [7, 11) is -11.7. The van der Waals surface area contributed by atoms with Gasteiger partial charge in [-0.05, 0) is 43.3 Å². The minimum absolute atomic E-state index is 0.160. The second-order valence-electron chi connectivity index (χ2n) is 6.45. The van der Waals surface area contributed by atoms with Crippen LogP contribution in [0, 0.1) is 6.92 Å². The van der Waals surface area contributed by atoms with E-state index in [1.165, 1.54) is 24.3 Å². The van der Waals surface area contributed by atoms with Gasteiger partial charge in [0.2, 0.25) is 0 Å². The summed E-state index contributed by atoms with van der Waals surface area (Å²) >= 11 is 3.20. The van der Waals surface area contributed by atoms with Gasteiger partial charge in [0, 0.05) is 4.47 Å². The van der Waals surface area contributed by atoms with Crippen LogP contribution in [0.3, 0.4) is 0 Å². The van der Waals surface area contributed by atoms with E-state index in [9.17, 15) is 46.8 Å². The number of benzene rings is 2. The van der Waals surface area contributed by atoms with E-state index in [2.05, 4.69) is 32.7 Å². The third-order valence-electron chi connectivity index (χ3n) is 3.66. The number of aryl methyl sites for hydroxylation is 1. The van der Waals surface area contributed by atoms with Crippen LogP contribution in [0.15, 0.2) is 62.8 Å². The maximum atomic E-state index is 11.1. The van der Waals surface area contributed by atoms with Gasteiger partial charge in [0.05, 0.1) is 44.5 Å². The van der Waals surface area contributed by atoms with Crippen molar-refractivity contribution in [2.45, 2.75) is 22.2 Å². The molecule has 0 aromatic heterocycles. The average molecular weight is 712 g/mol. The van der Waals surface area contributed by atoms with Crippen LogP contribution in [0.25, 0.3) is 0 Å². The molecule has 0 atom stereocenters. The highest BCUT2D eigenvalue weighted by molar-refractivity contribution is 9.10. The maximum absolute atomic E-state index is 11.1. The Balaban J connectivity index is 0. The summed E-state index contributed by atoms with van der Waals surface area (Å²) in [6.07, 6.45) is 0.993. The van der Waals surface area contributed by atoms with Crippen LogP contribution in [0.4, 0.5) is 13.2 Å². The van der Waals surface area contributed by atoms with Crippen molar-refractivity contribution in [3.05, 3.63) is 58.6 Å². The number of hydrogen-bond donors (Lipinski definition) is 0. The summed E-state index contributed by atoms with van der Waals surface area (Å²) in [6, 6.07) is 12.7. The van der Waals surface area contributed by atoms with Gasteiger partial charge in [-0.2, -0.15) is 46.8 Å². The van der Waals surface area contributed by atoms with Crippen LogP contribution in [-0.4, -0.2) is 73.9 Å². The predicted molar refractivity (Wildman–Crippen MR) is 138 cm³/mol. The van der Waals surface area contributed by atoms with Crippen molar-refractivity contribution >= 4 is 56.4 Å². The van der Waals surface area contributed by atoms with Crippen LogP contribution < -0.4 is 0 Å². The van der Waals surface area contributed by atoms with Crippen molar-refractivity contribution in [1.82, 2.24) is 0 Å². The summed E-state index contributed by atoms with van der Waals surface area (Å²) in [5, 5.41) is 0. The highest BCUT2D eigenvalue weighted by Crippen LogP contribution is 2.23. The van der Waals surface area contributed by atoms with Crippen LogP contribution in [0.2, 0.25) is 0 Å². The van der Waals surface area contributed by atoms with Crippen LogP contribution in [-0.2, 0) is 57.2 Å². The summed E-state index contributed by atoms with van der Waals surface area (Å²) in [4.78, 5) is 0.351. The van der Waals surface area contributed by atoms with Crippen LogP contribution in [0.1, 0.15) is 5.56 Å². The number of rotatable bonds is 6. The molecule has 0 fully saturated rings. The molecular weight excluding hydrogens is 685 g/mol. The first-order valence-electron chi connectivity index (χ1n) is 9.55. The third kappa shape index (κ3) is 16.3. The molecule has 0 N–H and O–H groups in total. The fraction of sp³-hybridized carbons (Fsp3) is 0.368. The molecule has 0 heterocycles. The van der Waals surface area contributed by atoms with E-state index in [0.29, 0.717) is 7.11 Å². The van der Waals surface area contributed by atoms with Gasteiger partial charge in [-0.1, -0.05) is 33.6 Å². The topological polar surface area (TPSA) is 173 Å². The Morgan fingerprint density at radius 2 is 0.923 bits per heavy atom. The van der Waals surface area contributed by atoms with Gasteiger partial charge in [-0.3, -0.25) is 16.7 Å². The molecule has 0 saturated carbocycles. The average Bonchev–Trinajstić information content (AvgIpc) is 2.84. The zero-order chi connectivity index (χ0) is 31.3. The van der Waals surface area contributed by atoms with Crippen molar-refractivity contribution in [2.75, 3.05) is 34.7 Å². The zero-order valence-corrected chi connectivity index (χ0v) is 26.0. The lowest BCUT2D eigenvalue weighted by Gasteiger charge is -2.02. The molecule has 20 heteroatoms. The Bertz CT molecular complexity index is 1360. The Labute approximate surface area is 234 Å². The van der Waals surface area contributed by atoms with E-state index >= 15 is 0 Å². The van der Waals surface area contributed by atoms with Gasteiger partial charge in [-0.25, -0.2) is 0 Å². The highest BCUT2D eigenvalue weighted by atomic mass is 79.9. The maximum Gasteiger partial charge on any atom is 0.523 e. The Morgan fingerprint density at radius 3 is 1.13 bits per heavy atom. The smallest absolute Gasteiger partial charge is 0.274 e. The Morgan fingerprint density at radius 1 is 0.615 bits per heavy atom. The molecule has 2 aromatic rings. The van der Waals surface area contributed by atoms with E-state index < -0.39 is 46.0 Å². The van der Waals surface area contributed by atoms with Crippen molar-refractivity contribution < 1.29 is 63.6 Å². The van der Waals surface area contributed by atoms with E-state index in [-0.39, 0.29) is 9.79 Å². The molecule has 39 heavy (non-hydrogen) atoms. The second-order valence-corrected chi connectivity index (χ2v) is 14.2. The van der Waals surface area contributed by atoms with Crippen LogP contribution >= 0.6 is 15.9 Å². The second kappa shape index (κ2) is 16.6. The third-order valence-corrected chi connectivity index (χ3v) is 8.37. The number of alkyl halides is 3. The molecule has 0 spiro atoms. The molecule has 226 valence electrons. The molecule has 2 aromatic carbocycles. The molecule has 0 bridgehead atoms. The summed E-state index contributed by atoms with van der Waals surface area (Å²) < 4.78 is 133. The fourth-order valence-electron chi connectivity index (χ4n) is 1.59. The van der Waals surface area contributed by atoms with Crippen molar-refractivity contribution in [3.63, 3.8) is 0 Å². The SMILES string of the molecule is COS(=O)(=O)C(F)(F)F.COS(=O)(=O)c1ccc(Br)cc1.COS(=O)(=O)c1ccc(C)cc1.COS(C)(=O)=O. The predicted octanol–water partition coefficient (Wildman–Crippen LogP) is 3.19. The molecule has 2 rings (SSSR count). The molecular formula is C19H26BrF3O12S4. The lowest BCUT2D eigenvalue weighted by molar-refractivity contribution is -0.0526. The van der Waals surface area contributed by atoms with Gasteiger partial charge in [-0.15, -0.1) is 0 Å². The van der Waals surface area contributed by atoms with Gasteiger partial charge >= 0.3 is 15.6 Å².